The molecular weight excluding hydrogens is 362 g/mol. The molecule has 6 nitrogen and oxygen atoms in total. The summed E-state index contributed by atoms with van der Waals surface area (Å²) in [4.78, 5) is 16.6. The molecule has 1 amide bonds. The Morgan fingerprint density at radius 3 is 2.41 bits per heavy atom. The van der Waals surface area contributed by atoms with E-state index in [1.54, 1.807) is 54.6 Å². The summed E-state index contributed by atoms with van der Waals surface area (Å²) in [7, 11) is -3.76. The zero-order chi connectivity index (χ0) is 18.9. The Balaban J connectivity index is 1.68. The molecule has 1 heterocycles. The van der Waals surface area contributed by atoms with Crippen molar-refractivity contribution >= 4 is 38.7 Å². The number of carbonyl (C=O) groups is 1. The van der Waals surface area contributed by atoms with Gasteiger partial charge >= 0.3 is 0 Å². The molecule has 0 spiro atoms. The minimum absolute atomic E-state index is 0.0693. The second kappa shape index (κ2) is 6.69. The fourth-order valence-electron chi connectivity index (χ4n) is 2.78. The Morgan fingerprint density at radius 1 is 0.852 bits per heavy atom. The summed E-state index contributed by atoms with van der Waals surface area (Å²) >= 11 is 0. The van der Waals surface area contributed by atoms with Gasteiger partial charge < -0.3 is 5.32 Å². The van der Waals surface area contributed by atoms with Crippen LogP contribution in [0.25, 0.3) is 0 Å². The molecule has 7 heteroatoms. The molecule has 0 aromatic heterocycles. The highest BCUT2D eigenvalue weighted by atomic mass is 32.2. The first kappa shape index (κ1) is 17.0. The van der Waals surface area contributed by atoms with Crippen molar-refractivity contribution in [1.82, 2.24) is 0 Å². The SMILES string of the molecule is O=C1Nc2ccccc2C1=Nc1cccc(S(=O)(=O)Nc2ccccc2)c1. The third-order valence-electron chi connectivity index (χ3n) is 4.04. The topological polar surface area (TPSA) is 87.6 Å². The molecule has 27 heavy (non-hydrogen) atoms. The summed E-state index contributed by atoms with van der Waals surface area (Å²) in [6, 6.07) is 22.0. The number of aliphatic imine (C=N–C) groups is 1. The number of sulfonamides is 1. The number of hydrogen-bond acceptors (Lipinski definition) is 4. The van der Waals surface area contributed by atoms with Gasteiger partial charge in [-0.3, -0.25) is 9.52 Å². The number of hydrogen-bond donors (Lipinski definition) is 2. The van der Waals surface area contributed by atoms with Crippen molar-refractivity contribution in [2.75, 3.05) is 10.0 Å². The Morgan fingerprint density at radius 2 is 1.59 bits per heavy atom. The molecule has 4 rings (SSSR count). The maximum Gasteiger partial charge on any atom is 0.275 e. The molecule has 3 aromatic rings. The third-order valence-corrected chi connectivity index (χ3v) is 5.42. The predicted octanol–water partition coefficient (Wildman–Crippen LogP) is 3.56. The molecule has 0 atom stereocenters. The van der Waals surface area contributed by atoms with Crippen LogP contribution in [0.5, 0.6) is 0 Å². The van der Waals surface area contributed by atoms with Crippen LogP contribution < -0.4 is 10.0 Å². The van der Waals surface area contributed by atoms with Crippen molar-refractivity contribution in [2.24, 2.45) is 4.99 Å². The van der Waals surface area contributed by atoms with Crippen LogP contribution in [-0.2, 0) is 14.8 Å². The highest BCUT2D eigenvalue weighted by Gasteiger charge is 2.25. The van der Waals surface area contributed by atoms with E-state index in [2.05, 4.69) is 15.0 Å². The van der Waals surface area contributed by atoms with Crippen molar-refractivity contribution in [2.45, 2.75) is 4.90 Å². The van der Waals surface area contributed by atoms with E-state index in [-0.39, 0.29) is 16.5 Å². The Kier molecular flexibility index (Phi) is 4.21. The lowest BCUT2D eigenvalue weighted by molar-refractivity contribution is -0.110. The molecule has 1 aliphatic rings. The van der Waals surface area contributed by atoms with E-state index < -0.39 is 10.0 Å². The first-order valence-corrected chi connectivity index (χ1v) is 9.69. The molecule has 3 aromatic carbocycles. The van der Waals surface area contributed by atoms with Crippen LogP contribution in [0, 0.1) is 0 Å². The highest BCUT2D eigenvalue weighted by molar-refractivity contribution is 7.92. The van der Waals surface area contributed by atoms with Gasteiger partial charge in [-0.25, -0.2) is 13.4 Å². The zero-order valence-corrected chi connectivity index (χ0v) is 14.9. The van der Waals surface area contributed by atoms with E-state index in [0.29, 0.717) is 22.6 Å². The van der Waals surface area contributed by atoms with Crippen molar-refractivity contribution in [3.8, 4) is 0 Å². The van der Waals surface area contributed by atoms with Gasteiger partial charge in [-0.15, -0.1) is 0 Å². The van der Waals surface area contributed by atoms with Crippen molar-refractivity contribution in [3.63, 3.8) is 0 Å². The lowest BCUT2D eigenvalue weighted by Crippen LogP contribution is -2.14. The number of fused-ring (bicyclic) bond motifs is 1. The van der Waals surface area contributed by atoms with Crippen molar-refractivity contribution in [1.29, 1.82) is 0 Å². The first-order valence-electron chi connectivity index (χ1n) is 8.20. The maximum atomic E-state index is 12.6. The van der Waals surface area contributed by atoms with E-state index in [1.807, 2.05) is 12.1 Å². The highest BCUT2D eigenvalue weighted by Crippen LogP contribution is 2.26. The van der Waals surface area contributed by atoms with E-state index in [4.69, 9.17) is 0 Å². The van der Waals surface area contributed by atoms with Gasteiger partial charge in [0.1, 0.15) is 5.71 Å². The standard InChI is InChI=1S/C20H15N3O3S/c24-20-19(17-11-4-5-12-18(17)22-20)21-15-9-6-10-16(13-15)27(25,26)23-14-7-2-1-3-8-14/h1-13,23H,(H,21,22,24). The molecule has 0 unspecified atom stereocenters. The number of nitrogens with one attached hydrogen (secondary N) is 2. The monoisotopic (exact) mass is 377 g/mol. The van der Waals surface area contributed by atoms with Crippen LogP contribution in [0.3, 0.4) is 0 Å². The van der Waals surface area contributed by atoms with Gasteiger partial charge in [-0.1, -0.05) is 42.5 Å². The van der Waals surface area contributed by atoms with Gasteiger partial charge in [0.05, 0.1) is 16.3 Å². The van der Waals surface area contributed by atoms with Crippen molar-refractivity contribution in [3.05, 3.63) is 84.4 Å². The van der Waals surface area contributed by atoms with Crippen LogP contribution in [0.4, 0.5) is 17.1 Å². The largest absolute Gasteiger partial charge is 0.320 e. The number of benzene rings is 3. The van der Waals surface area contributed by atoms with Crippen LogP contribution in [0.15, 0.2) is 88.8 Å². The lowest BCUT2D eigenvalue weighted by atomic mass is 10.1. The number of para-hydroxylation sites is 2. The van der Waals surface area contributed by atoms with Crippen LogP contribution >= 0.6 is 0 Å². The normalized spacial score (nSPS) is 14.7. The van der Waals surface area contributed by atoms with Gasteiger partial charge in [0.15, 0.2) is 0 Å². The molecule has 0 aliphatic carbocycles. The molecule has 134 valence electrons. The molecule has 2 N–H and O–H groups in total. The maximum absolute atomic E-state index is 12.6. The Hall–Kier alpha value is -3.45. The summed E-state index contributed by atoms with van der Waals surface area (Å²) < 4.78 is 27.8. The van der Waals surface area contributed by atoms with E-state index in [9.17, 15) is 13.2 Å². The Labute approximate surface area is 156 Å². The van der Waals surface area contributed by atoms with E-state index >= 15 is 0 Å². The number of amides is 1. The summed E-state index contributed by atoms with van der Waals surface area (Å²) in [6.07, 6.45) is 0. The molecule has 0 radical (unpaired) electrons. The quantitative estimate of drug-likeness (QED) is 0.729. The van der Waals surface area contributed by atoms with Gasteiger partial charge in [0.25, 0.3) is 15.9 Å². The Bertz CT molecular complexity index is 1160. The third kappa shape index (κ3) is 3.45. The van der Waals surface area contributed by atoms with Gasteiger partial charge in [-0.05, 0) is 36.4 Å². The molecular formula is C20H15N3O3S. The number of rotatable bonds is 4. The minimum atomic E-state index is -3.76. The average molecular weight is 377 g/mol. The fraction of sp³-hybridized carbons (Fsp3) is 0. The average Bonchev–Trinajstić information content (AvgIpc) is 2.98. The smallest absolute Gasteiger partial charge is 0.275 e. The second-order valence-corrected chi connectivity index (χ2v) is 7.61. The molecule has 0 fully saturated rings. The predicted molar refractivity (Wildman–Crippen MR) is 105 cm³/mol. The van der Waals surface area contributed by atoms with Gasteiger partial charge in [-0.2, -0.15) is 0 Å². The summed E-state index contributed by atoms with van der Waals surface area (Å²) in [5.74, 6) is -0.313. The molecule has 0 saturated heterocycles. The first-order chi connectivity index (χ1) is 13.0. The van der Waals surface area contributed by atoms with Crippen LogP contribution in [0.1, 0.15) is 5.56 Å². The zero-order valence-electron chi connectivity index (χ0n) is 14.1. The second-order valence-electron chi connectivity index (χ2n) is 5.93. The minimum Gasteiger partial charge on any atom is -0.320 e. The van der Waals surface area contributed by atoms with Gasteiger partial charge in [0.2, 0.25) is 0 Å². The molecule has 0 saturated carbocycles. The summed E-state index contributed by atoms with van der Waals surface area (Å²) in [6.45, 7) is 0. The fourth-order valence-corrected chi connectivity index (χ4v) is 3.88. The van der Waals surface area contributed by atoms with E-state index in [1.165, 1.54) is 12.1 Å². The summed E-state index contributed by atoms with van der Waals surface area (Å²) in [5, 5.41) is 2.74. The summed E-state index contributed by atoms with van der Waals surface area (Å²) in [5.41, 5.74) is 2.50. The number of anilines is 2. The lowest BCUT2D eigenvalue weighted by Gasteiger charge is -2.08. The van der Waals surface area contributed by atoms with Crippen molar-refractivity contribution < 1.29 is 13.2 Å². The van der Waals surface area contributed by atoms with E-state index in [0.717, 1.165) is 0 Å². The van der Waals surface area contributed by atoms with Crippen LogP contribution in [-0.4, -0.2) is 20.0 Å². The molecule has 0 bridgehead atoms. The molecule has 1 aliphatic heterocycles. The van der Waals surface area contributed by atoms with Crippen LogP contribution in [0.2, 0.25) is 0 Å². The van der Waals surface area contributed by atoms with Gasteiger partial charge in [0, 0.05) is 11.3 Å². The number of carbonyl (C=O) groups excluding carboxylic acids is 1. The number of nitrogens with zero attached hydrogens (tertiary/aromatic N) is 1.